The van der Waals surface area contributed by atoms with E-state index in [9.17, 15) is 31.9 Å². The number of alkyl halides is 3. The molecule has 3 heterocycles. The third-order valence-electron chi connectivity index (χ3n) is 7.17. The average Bonchev–Trinajstić information content (AvgIpc) is 3.45. The van der Waals surface area contributed by atoms with E-state index in [4.69, 9.17) is 9.84 Å². The number of ether oxygens (including phenoxy) is 1. The lowest BCUT2D eigenvalue weighted by molar-refractivity contribution is -0.140. The Balaban J connectivity index is 1.54. The molecule has 3 aromatic rings. The molecule has 0 radical (unpaired) electrons. The number of amides is 3. The molecular formula is C27H30F4N8O5. The molecule has 0 spiro atoms. The van der Waals surface area contributed by atoms with E-state index in [1.54, 1.807) is 20.8 Å². The van der Waals surface area contributed by atoms with Gasteiger partial charge in [0.15, 0.2) is 17.0 Å². The lowest BCUT2D eigenvalue weighted by Crippen LogP contribution is -2.61. The number of aromatic nitrogens is 4. The van der Waals surface area contributed by atoms with Crippen LogP contribution in [-0.2, 0) is 22.3 Å². The summed E-state index contributed by atoms with van der Waals surface area (Å²) in [6.45, 7) is 4.21. The van der Waals surface area contributed by atoms with Crippen molar-refractivity contribution in [1.29, 1.82) is 0 Å². The molecule has 1 aliphatic carbocycles. The SMILES string of the molecule is CC(C)(C)OC(=O)N[C@]1(C(=O)NC2CC2)CCN(c2ccc(F)c(C(F)(F)F)c2Cn2cnc3c(NC(=O)O)ncnc32)C1. The van der Waals surface area contributed by atoms with Crippen molar-refractivity contribution in [3.05, 3.63) is 41.7 Å². The third-order valence-corrected chi connectivity index (χ3v) is 7.17. The first-order valence-electron chi connectivity index (χ1n) is 13.7. The van der Waals surface area contributed by atoms with Crippen molar-refractivity contribution in [2.24, 2.45) is 0 Å². The Labute approximate surface area is 248 Å². The summed E-state index contributed by atoms with van der Waals surface area (Å²) in [5.41, 5.74) is -4.46. The molecule has 1 aromatic carbocycles. The van der Waals surface area contributed by atoms with Crippen LogP contribution in [0.4, 0.5) is 38.7 Å². The number of carbonyl (C=O) groups is 3. The van der Waals surface area contributed by atoms with Crippen LogP contribution in [0, 0.1) is 5.82 Å². The fourth-order valence-corrected chi connectivity index (χ4v) is 5.14. The largest absolute Gasteiger partial charge is 0.465 e. The topological polar surface area (TPSA) is 164 Å². The number of nitrogens with one attached hydrogen (secondary N) is 3. The molecule has 2 aromatic heterocycles. The zero-order chi connectivity index (χ0) is 32.0. The lowest BCUT2D eigenvalue weighted by atomic mass is 9.97. The van der Waals surface area contributed by atoms with Crippen molar-refractivity contribution in [3.63, 3.8) is 0 Å². The van der Waals surface area contributed by atoms with Crippen molar-refractivity contribution in [2.45, 2.75) is 69.9 Å². The molecule has 44 heavy (non-hydrogen) atoms. The van der Waals surface area contributed by atoms with Gasteiger partial charge in [-0.05, 0) is 52.2 Å². The van der Waals surface area contributed by atoms with Gasteiger partial charge in [-0.2, -0.15) is 13.2 Å². The molecule has 1 saturated heterocycles. The molecule has 0 bridgehead atoms. The minimum atomic E-state index is -5.11. The number of hydrogen-bond acceptors (Lipinski definition) is 8. The predicted octanol–water partition coefficient (Wildman–Crippen LogP) is 3.87. The molecule has 0 unspecified atom stereocenters. The second-order valence-electron chi connectivity index (χ2n) is 11.7. The Hall–Kier alpha value is -4.70. The monoisotopic (exact) mass is 622 g/mol. The van der Waals surface area contributed by atoms with Crippen molar-refractivity contribution in [3.8, 4) is 0 Å². The highest BCUT2D eigenvalue weighted by molar-refractivity contribution is 5.93. The maximum atomic E-state index is 14.9. The number of fused-ring (bicyclic) bond motifs is 1. The normalized spacial score (nSPS) is 18.8. The van der Waals surface area contributed by atoms with Crippen LogP contribution in [0.2, 0.25) is 0 Å². The van der Waals surface area contributed by atoms with E-state index < -0.39 is 58.9 Å². The number of rotatable bonds is 7. The van der Waals surface area contributed by atoms with E-state index in [1.165, 1.54) is 15.5 Å². The smallest absolute Gasteiger partial charge is 0.419 e. The summed E-state index contributed by atoms with van der Waals surface area (Å²) >= 11 is 0. The van der Waals surface area contributed by atoms with Gasteiger partial charge in [-0.1, -0.05) is 0 Å². The highest BCUT2D eigenvalue weighted by Crippen LogP contribution is 2.41. The van der Waals surface area contributed by atoms with Gasteiger partial charge >= 0.3 is 18.4 Å². The van der Waals surface area contributed by atoms with Gasteiger partial charge in [0.1, 0.15) is 23.3 Å². The van der Waals surface area contributed by atoms with Gasteiger partial charge in [-0.15, -0.1) is 0 Å². The first-order valence-corrected chi connectivity index (χ1v) is 13.7. The van der Waals surface area contributed by atoms with E-state index >= 15 is 0 Å². The van der Waals surface area contributed by atoms with Crippen LogP contribution in [-0.4, -0.2) is 73.0 Å². The minimum Gasteiger partial charge on any atom is -0.465 e. The number of benzene rings is 1. The Kier molecular flexibility index (Phi) is 7.75. The number of imidazole rings is 1. The first-order chi connectivity index (χ1) is 20.6. The first kappa shape index (κ1) is 30.7. The van der Waals surface area contributed by atoms with Gasteiger partial charge in [0.05, 0.1) is 25.0 Å². The molecule has 4 N–H and O–H groups in total. The fraction of sp³-hybridized carbons (Fsp3) is 0.481. The van der Waals surface area contributed by atoms with Gasteiger partial charge in [0.2, 0.25) is 5.91 Å². The number of hydrogen-bond donors (Lipinski definition) is 4. The Morgan fingerprint density at radius 1 is 1.14 bits per heavy atom. The van der Waals surface area contributed by atoms with Crippen molar-refractivity contribution in [2.75, 3.05) is 23.3 Å². The van der Waals surface area contributed by atoms with Crippen molar-refractivity contribution < 1.29 is 41.8 Å². The summed E-state index contributed by atoms with van der Waals surface area (Å²) in [6, 6.07) is 1.83. The number of carbonyl (C=O) groups excluding carboxylic acids is 2. The zero-order valence-electron chi connectivity index (χ0n) is 24.0. The van der Waals surface area contributed by atoms with Crippen LogP contribution >= 0.6 is 0 Å². The van der Waals surface area contributed by atoms with Gasteiger partial charge in [-0.3, -0.25) is 10.1 Å². The maximum Gasteiger partial charge on any atom is 0.419 e. The summed E-state index contributed by atoms with van der Waals surface area (Å²) in [5, 5.41) is 16.6. The summed E-state index contributed by atoms with van der Waals surface area (Å²) in [5.74, 6) is -2.19. The molecule has 1 atom stereocenters. The van der Waals surface area contributed by atoms with E-state index in [-0.39, 0.29) is 48.2 Å². The van der Waals surface area contributed by atoms with Crippen LogP contribution in [0.1, 0.15) is 51.2 Å². The van der Waals surface area contributed by atoms with Crippen LogP contribution in [0.15, 0.2) is 24.8 Å². The molecule has 3 amide bonds. The van der Waals surface area contributed by atoms with E-state index in [2.05, 4.69) is 30.9 Å². The molecule has 17 heteroatoms. The van der Waals surface area contributed by atoms with E-state index in [1.807, 2.05) is 0 Å². The molecule has 236 valence electrons. The van der Waals surface area contributed by atoms with Gasteiger partial charge in [-0.25, -0.2) is 28.9 Å². The number of halogens is 4. The molecular weight excluding hydrogens is 592 g/mol. The Morgan fingerprint density at radius 3 is 2.50 bits per heavy atom. The predicted molar refractivity (Wildman–Crippen MR) is 148 cm³/mol. The zero-order valence-corrected chi connectivity index (χ0v) is 24.0. The average molecular weight is 623 g/mol. The highest BCUT2D eigenvalue weighted by Gasteiger charge is 2.49. The molecule has 5 rings (SSSR count). The number of carboxylic acid groups (broad SMARTS) is 1. The van der Waals surface area contributed by atoms with Crippen molar-refractivity contribution in [1.82, 2.24) is 30.2 Å². The summed E-state index contributed by atoms with van der Waals surface area (Å²) in [6.07, 6.45) is -3.69. The van der Waals surface area contributed by atoms with Crippen LogP contribution in [0.3, 0.4) is 0 Å². The standard InChI is InChI=1S/C27H30F4N8O5/c1-25(2,3)44-24(43)37-26(22(40)35-14-4-5-14)8-9-38(11-26)17-7-6-16(28)18(27(29,30)31)15(17)10-39-13-34-19-20(36-23(41)42)32-12-33-21(19)39/h6-7,12-14H,4-5,8-11H2,1-3H3,(H,35,40)(H,37,43)(H,41,42)(H,32,33,36)/t26-/m1/s1. The summed E-state index contributed by atoms with van der Waals surface area (Å²) < 4.78 is 64.6. The number of nitrogens with zero attached hydrogens (tertiary/aromatic N) is 5. The molecule has 13 nitrogen and oxygen atoms in total. The number of alkyl carbamates (subject to hydrolysis) is 1. The van der Waals surface area contributed by atoms with Crippen molar-refractivity contribution >= 4 is 40.8 Å². The summed E-state index contributed by atoms with van der Waals surface area (Å²) in [7, 11) is 0. The summed E-state index contributed by atoms with van der Waals surface area (Å²) in [4.78, 5) is 50.8. The third kappa shape index (κ3) is 6.45. The highest BCUT2D eigenvalue weighted by atomic mass is 19.4. The fourth-order valence-electron chi connectivity index (χ4n) is 5.14. The second kappa shape index (κ2) is 11.1. The van der Waals surface area contributed by atoms with Crippen LogP contribution < -0.4 is 20.9 Å². The molecule has 2 aliphatic rings. The number of anilines is 2. The molecule has 1 saturated carbocycles. The Morgan fingerprint density at radius 2 is 1.86 bits per heavy atom. The van der Waals surface area contributed by atoms with Crippen LogP contribution in [0.5, 0.6) is 0 Å². The van der Waals surface area contributed by atoms with Crippen LogP contribution in [0.25, 0.3) is 11.2 Å². The molecule has 1 aliphatic heterocycles. The molecule has 2 fully saturated rings. The van der Waals surface area contributed by atoms with Gasteiger partial charge < -0.3 is 29.9 Å². The lowest BCUT2D eigenvalue weighted by Gasteiger charge is -2.32. The van der Waals surface area contributed by atoms with E-state index in [0.29, 0.717) is 6.07 Å². The maximum absolute atomic E-state index is 14.9. The van der Waals surface area contributed by atoms with Gasteiger partial charge in [0, 0.05) is 23.8 Å². The van der Waals surface area contributed by atoms with E-state index in [0.717, 1.165) is 25.5 Å². The minimum absolute atomic E-state index is 0.00161. The van der Waals surface area contributed by atoms with Gasteiger partial charge in [0.25, 0.3) is 0 Å². The Bertz CT molecular complexity index is 1620. The quantitative estimate of drug-likeness (QED) is 0.287. The second-order valence-corrected chi connectivity index (χ2v) is 11.7.